The Morgan fingerprint density at radius 1 is 1.24 bits per heavy atom. The van der Waals surface area contributed by atoms with Crippen molar-refractivity contribution < 1.29 is 14.6 Å². The van der Waals surface area contributed by atoms with Gasteiger partial charge in [0, 0.05) is 0 Å². The first-order valence-corrected chi connectivity index (χ1v) is 6.79. The SMILES string of the molecule is COc1ccc(C(C)NC(=O)Cc2cccc(O)c2)cc1. The molecule has 2 aromatic rings. The molecular formula is C17H19NO3. The Hall–Kier alpha value is -2.49. The molecule has 2 aromatic carbocycles. The number of methoxy groups -OCH3 is 1. The molecule has 0 saturated carbocycles. The number of amides is 1. The van der Waals surface area contributed by atoms with Crippen molar-refractivity contribution in [3.63, 3.8) is 0 Å². The molecule has 1 unspecified atom stereocenters. The van der Waals surface area contributed by atoms with Gasteiger partial charge in [-0.3, -0.25) is 4.79 Å². The Balaban J connectivity index is 1.95. The molecule has 1 amide bonds. The zero-order valence-electron chi connectivity index (χ0n) is 12.2. The average Bonchev–Trinajstić information content (AvgIpc) is 2.47. The van der Waals surface area contributed by atoms with Crippen molar-refractivity contribution >= 4 is 5.91 Å². The Morgan fingerprint density at radius 3 is 2.57 bits per heavy atom. The van der Waals surface area contributed by atoms with Crippen LogP contribution in [-0.2, 0) is 11.2 Å². The summed E-state index contributed by atoms with van der Waals surface area (Å²) in [6.07, 6.45) is 0.245. The van der Waals surface area contributed by atoms with E-state index in [1.165, 1.54) is 0 Å². The molecule has 0 aliphatic rings. The van der Waals surface area contributed by atoms with Gasteiger partial charge in [-0.2, -0.15) is 0 Å². The third kappa shape index (κ3) is 4.24. The minimum absolute atomic E-state index is 0.0797. The summed E-state index contributed by atoms with van der Waals surface area (Å²) in [4.78, 5) is 12.0. The number of ether oxygens (including phenoxy) is 1. The Labute approximate surface area is 124 Å². The van der Waals surface area contributed by atoms with Gasteiger partial charge in [-0.1, -0.05) is 24.3 Å². The molecule has 1 atom stereocenters. The predicted molar refractivity (Wildman–Crippen MR) is 81.4 cm³/mol. The molecule has 0 aliphatic heterocycles. The maximum Gasteiger partial charge on any atom is 0.224 e. The average molecular weight is 285 g/mol. The van der Waals surface area contributed by atoms with Gasteiger partial charge in [-0.25, -0.2) is 0 Å². The highest BCUT2D eigenvalue weighted by atomic mass is 16.5. The third-order valence-corrected chi connectivity index (χ3v) is 3.27. The van der Waals surface area contributed by atoms with Crippen LogP contribution < -0.4 is 10.1 Å². The lowest BCUT2D eigenvalue weighted by molar-refractivity contribution is -0.121. The molecule has 0 aromatic heterocycles. The van der Waals surface area contributed by atoms with Gasteiger partial charge in [0.2, 0.25) is 5.91 Å². The number of hydrogen-bond acceptors (Lipinski definition) is 3. The smallest absolute Gasteiger partial charge is 0.224 e. The standard InChI is InChI=1S/C17H19NO3/c1-12(14-6-8-16(21-2)9-7-14)18-17(20)11-13-4-3-5-15(19)10-13/h3-10,12,19H,11H2,1-2H3,(H,18,20). The highest BCUT2D eigenvalue weighted by Gasteiger charge is 2.10. The molecule has 2 N–H and O–H groups in total. The molecule has 0 spiro atoms. The van der Waals surface area contributed by atoms with Gasteiger partial charge in [0.05, 0.1) is 19.6 Å². The lowest BCUT2D eigenvalue weighted by Crippen LogP contribution is -2.28. The quantitative estimate of drug-likeness (QED) is 0.888. The van der Waals surface area contributed by atoms with E-state index in [2.05, 4.69) is 5.32 Å². The molecule has 0 bridgehead atoms. The molecule has 0 radical (unpaired) electrons. The van der Waals surface area contributed by atoms with Crippen molar-refractivity contribution in [2.75, 3.05) is 7.11 Å². The van der Waals surface area contributed by atoms with Crippen LogP contribution in [0, 0.1) is 0 Å². The second kappa shape index (κ2) is 6.79. The summed E-state index contributed by atoms with van der Waals surface area (Å²) >= 11 is 0. The van der Waals surface area contributed by atoms with E-state index in [0.29, 0.717) is 0 Å². The fourth-order valence-corrected chi connectivity index (χ4v) is 2.12. The van der Waals surface area contributed by atoms with Crippen LogP contribution >= 0.6 is 0 Å². The number of carbonyl (C=O) groups excluding carboxylic acids is 1. The molecule has 21 heavy (non-hydrogen) atoms. The monoisotopic (exact) mass is 285 g/mol. The van der Waals surface area contributed by atoms with Crippen molar-refractivity contribution in [2.45, 2.75) is 19.4 Å². The number of nitrogens with one attached hydrogen (secondary N) is 1. The van der Waals surface area contributed by atoms with Crippen LogP contribution in [0.15, 0.2) is 48.5 Å². The zero-order valence-corrected chi connectivity index (χ0v) is 12.2. The second-order valence-electron chi connectivity index (χ2n) is 4.91. The van der Waals surface area contributed by atoms with Crippen LogP contribution in [0.25, 0.3) is 0 Å². The van der Waals surface area contributed by atoms with Gasteiger partial charge in [-0.15, -0.1) is 0 Å². The lowest BCUT2D eigenvalue weighted by atomic mass is 10.1. The van der Waals surface area contributed by atoms with Crippen molar-refractivity contribution in [2.24, 2.45) is 0 Å². The minimum atomic E-state index is -0.0827. The summed E-state index contributed by atoms with van der Waals surface area (Å²) in [5.74, 6) is 0.879. The fourth-order valence-electron chi connectivity index (χ4n) is 2.12. The summed E-state index contributed by atoms with van der Waals surface area (Å²) in [6, 6.07) is 14.2. The van der Waals surface area contributed by atoms with Gasteiger partial charge < -0.3 is 15.2 Å². The Morgan fingerprint density at radius 2 is 1.95 bits per heavy atom. The maximum absolute atomic E-state index is 12.0. The van der Waals surface area contributed by atoms with Crippen LogP contribution in [-0.4, -0.2) is 18.1 Å². The van der Waals surface area contributed by atoms with Crippen molar-refractivity contribution in [3.8, 4) is 11.5 Å². The number of rotatable bonds is 5. The first-order chi connectivity index (χ1) is 10.1. The Bertz CT molecular complexity index is 608. The molecule has 0 fully saturated rings. The highest BCUT2D eigenvalue weighted by molar-refractivity contribution is 5.79. The Kier molecular flexibility index (Phi) is 4.82. The first-order valence-electron chi connectivity index (χ1n) is 6.79. The van der Waals surface area contributed by atoms with E-state index in [0.717, 1.165) is 16.9 Å². The van der Waals surface area contributed by atoms with E-state index < -0.39 is 0 Å². The molecule has 110 valence electrons. The van der Waals surface area contributed by atoms with E-state index in [1.54, 1.807) is 25.3 Å². The molecule has 2 rings (SSSR count). The van der Waals surface area contributed by atoms with Gasteiger partial charge in [-0.05, 0) is 42.3 Å². The van der Waals surface area contributed by atoms with E-state index in [4.69, 9.17) is 4.74 Å². The van der Waals surface area contributed by atoms with Gasteiger partial charge in [0.1, 0.15) is 11.5 Å². The summed E-state index contributed by atoms with van der Waals surface area (Å²) < 4.78 is 5.11. The van der Waals surface area contributed by atoms with Crippen molar-refractivity contribution in [1.82, 2.24) is 5.32 Å². The number of aromatic hydroxyl groups is 1. The second-order valence-corrected chi connectivity index (χ2v) is 4.91. The molecular weight excluding hydrogens is 266 g/mol. The topological polar surface area (TPSA) is 58.6 Å². The summed E-state index contributed by atoms with van der Waals surface area (Å²) in [5.41, 5.74) is 1.80. The predicted octanol–water partition coefficient (Wildman–Crippen LogP) is 2.82. The lowest BCUT2D eigenvalue weighted by Gasteiger charge is -2.15. The van der Waals surface area contributed by atoms with Crippen LogP contribution in [0.5, 0.6) is 11.5 Å². The van der Waals surface area contributed by atoms with E-state index in [-0.39, 0.29) is 24.1 Å². The van der Waals surface area contributed by atoms with Gasteiger partial charge in [0.25, 0.3) is 0 Å². The number of phenolic OH excluding ortho intramolecular Hbond substituents is 1. The zero-order chi connectivity index (χ0) is 15.2. The summed E-state index contributed by atoms with van der Waals surface area (Å²) in [5, 5.41) is 12.3. The number of carbonyl (C=O) groups is 1. The van der Waals surface area contributed by atoms with E-state index >= 15 is 0 Å². The molecule has 4 heteroatoms. The summed E-state index contributed by atoms with van der Waals surface area (Å²) in [6.45, 7) is 1.93. The molecule has 0 saturated heterocycles. The van der Waals surface area contributed by atoms with Crippen molar-refractivity contribution in [3.05, 3.63) is 59.7 Å². The highest BCUT2D eigenvalue weighted by Crippen LogP contribution is 2.17. The van der Waals surface area contributed by atoms with Crippen molar-refractivity contribution in [1.29, 1.82) is 0 Å². The van der Waals surface area contributed by atoms with Crippen LogP contribution in [0.3, 0.4) is 0 Å². The molecule has 0 aliphatic carbocycles. The number of phenols is 1. The maximum atomic E-state index is 12.0. The molecule has 0 heterocycles. The number of hydrogen-bond donors (Lipinski definition) is 2. The molecule has 4 nitrogen and oxygen atoms in total. The van der Waals surface area contributed by atoms with Gasteiger partial charge in [0.15, 0.2) is 0 Å². The normalized spacial score (nSPS) is 11.7. The van der Waals surface area contributed by atoms with Gasteiger partial charge >= 0.3 is 0 Å². The van der Waals surface area contributed by atoms with E-state index in [9.17, 15) is 9.90 Å². The first kappa shape index (κ1) is 14.9. The number of benzene rings is 2. The third-order valence-electron chi connectivity index (χ3n) is 3.27. The fraction of sp³-hybridized carbons (Fsp3) is 0.235. The van der Waals surface area contributed by atoms with Crippen LogP contribution in [0.1, 0.15) is 24.1 Å². The summed E-state index contributed by atoms with van der Waals surface area (Å²) in [7, 11) is 1.62. The van der Waals surface area contributed by atoms with E-state index in [1.807, 2.05) is 37.3 Å². The van der Waals surface area contributed by atoms with Crippen LogP contribution in [0.2, 0.25) is 0 Å². The van der Waals surface area contributed by atoms with Crippen LogP contribution in [0.4, 0.5) is 0 Å². The largest absolute Gasteiger partial charge is 0.508 e. The minimum Gasteiger partial charge on any atom is -0.508 e.